The predicted octanol–water partition coefficient (Wildman–Crippen LogP) is 0.744. The highest BCUT2D eigenvalue weighted by atomic mass is 32.2. The van der Waals surface area contributed by atoms with E-state index in [2.05, 4.69) is 10.0 Å². The van der Waals surface area contributed by atoms with Gasteiger partial charge >= 0.3 is 0 Å². The first-order chi connectivity index (χ1) is 8.49. The molecule has 0 atom stereocenters. The van der Waals surface area contributed by atoms with E-state index in [1.165, 1.54) is 25.3 Å². The molecule has 1 aromatic rings. The number of nitrogens with one attached hydrogen (secondary N) is 2. The molecule has 0 heterocycles. The Morgan fingerprint density at radius 2 is 1.89 bits per heavy atom. The van der Waals surface area contributed by atoms with Crippen molar-refractivity contribution >= 4 is 22.0 Å². The minimum atomic E-state index is -3.41. The van der Waals surface area contributed by atoms with Gasteiger partial charge in [0.05, 0.1) is 4.90 Å². The maximum atomic E-state index is 11.5. The van der Waals surface area contributed by atoms with E-state index in [0.717, 1.165) is 5.56 Å². The molecule has 0 aliphatic rings. The fourth-order valence-corrected chi connectivity index (χ4v) is 2.01. The Labute approximate surface area is 107 Å². The number of rotatable bonds is 5. The quantitative estimate of drug-likeness (QED) is 0.774. The van der Waals surface area contributed by atoms with Crippen molar-refractivity contribution in [3.63, 3.8) is 0 Å². The van der Waals surface area contributed by atoms with Gasteiger partial charge in [0, 0.05) is 12.6 Å². The molecule has 0 bridgehead atoms. The second-order valence-electron chi connectivity index (χ2n) is 3.50. The number of amides is 1. The van der Waals surface area contributed by atoms with Gasteiger partial charge in [-0.25, -0.2) is 13.1 Å². The summed E-state index contributed by atoms with van der Waals surface area (Å²) in [6.45, 7) is 2.41. The lowest BCUT2D eigenvalue weighted by molar-refractivity contribution is -0.116. The molecule has 0 unspecified atom stereocenters. The molecule has 0 aromatic heterocycles. The molecular formula is C12H16N2O3S. The average molecular weight is 268 g/mol. The van der Waals surface area contributed by atoms with E-state index in [9.17, 15) is 13.2 Å². The van der Waals surface area contributed by atoms with Crippen LogP contribution in [0.2, 0.25) is 0 Å². The van der Waals surface area contributed by atoms with Crippen molar-refractivity contribution < 1.29 is 13.2 Å². The van der Waals surface area contributed by atoms with Crippen molar-refractivity contribution in [2.24, 2.45) is 0 Å². The highest BCUT2D eigenvalue weighted by Crippen LogP contribution is 2.10. The van der Waals surface area contributed by atoms with Gasteiger partial charge in [-0.1, -0.05) is 12.1 Å². The van der Waals surface area contributed by atoms with Crippen LogP contribution < -0.4 is 10.0 Å². The number of carbonyl (C=O) groups is 1. The molecule has 98 valence electrons. The van der Waals surface area contributed by atoms with E-state index in [4.69, 9.17) is 0 Å². The standard InChI is InChI=1S/C12H16N2O3S/c1-3-14-12(15)9-6-10-4-7-11(8-5-10)18(16,17)13-2/h4-9,13H,3H2,1-2H3,(H,14,15)/b9-6+. The molecule has 0 aliphatic heterocycles. The Morgan fingerprint density at radius 1 is 1.28 bits per heavy atom. The highest BCUT2D eigenvalue weighted by molar-refractivity contribution is 7.89. The van der Waals surface area contributed by atoms with Crippen LogP contribution in [-0.4, -0.2) is 27.9 Å². The molecule has 0 saturated heterocycles. The van der Waals surface area contributed by atoms with Crippen molar-refractivity contribution in [2.75, 3.05) is 13.6 Å². The van der Waals surface area contributed by atoms with Crippen LogP contribution in [0.3, 0.4) is 0 Å². The number of hydrogen-bond donors (Lipinski definition) is 2. The Balaban J connectivity index is 2.81. The first-order valence-electron chi connectivity index (χ1n) is 5.49. The Hall–Kier alpha value is -1.66. The van der Waals surface area contributed by atoms with E-state index >= 15 is 0 Å². The third-order valence-electron chi connectivity index (χ3n) is 2.24. The molecule has 0 spiro atoms. The molecule has 2 N–H and O–H groups in total. The fourth-order valence-electron chi connectivity index (χ4n) is 1.28. The smallest absolute Gasteiger partial charge is 0.243 e. The topological polar surface area (TPSA) is 75.3 Å². The number of carbonyl (C=O) groups excluding carboxylic acids is 1. The molecule has 18 heavy (non-hydrogen) atoms. The summed E-state index contributed by atoms with van der Waals surface area (Å²) in [4.78, 5) is 11.4. The number of hydrogen-bond acceptors (Lipinski definition) is 3. The van der Waals surface area contributed by atoms with Gasteiger partial charge in [0.1, 0.15) is 0 Å². The first kappa shape index (κ1) is 14.4. The Bertz CT molecular complexity index is 533. The van der Waals surface area contributed by atoms with Gasteiger partial charge in [0.25, 0.3) is 0 Å². The van der Waals surface area contributed by atoms with Crippen molar-refractivity contribution in [1.82, 2.24) is 10.0 Å². The van der Waals surface area contributed by atoms with Crippen LogP contribution >= 0.6 is 0 Å². The Morgan fingerprint density at radius 3 is 2.39 bits per heavy atom. The first-order valence-corrected chi connectivity index (χ1v) is 6.97. The van der Waals surface area contributed by atoms with E-state index in [0.29, 0.717) is 6.54 Å². The van der Waals surface area contributed by atoms with Crippen LogP contribution in [-0.2, 0) is 14.8 Å². The molecule has 1 rings (SSSR count). The zero-order chi connectivity index (χ0) is 13.6. The zero-order valence-electron chi connectivity index (χ0n) is 10.3. The maximum Gasteiger partial charge on any atom is 0.243 e. The largest absolute Gasteiger partial charge is 0.353 e. The number of sulfonamides is 1. The van der Waals surface area contributed by atoms with Gasteiger partial charge in [-0.2, -0.15) is 0 Å². The van der Waals surface area contributed by atoms with Gasteiger partial charge in [0.15, 0.2) is 0 Å². The molecule has 5 nitrogen and oxygen atoms in total. The summed E-state index contributed by atoms with van der Waals surface area (Å²) >= 11 is 0. The van der Waals surface area contributed by atoms with Gasteiger partial charge in [-0.05, 0) is 37.7 Å². The molecule has 0 fully saturated rings. The second kappa shape index (κ2) is 6.32. The summed E-state index contributed by atoms with van der Waals surface area (Å²) in [6.07, 6.45) is 3.03. The van der Waals surface area contributed by atoms with Crippen LogP contribution in [0.25, 0.3) is 6.08 Å². The highest BCUT2D eigenvalue weighted by Gasteiger charge is 2.09. The lowest BCUT2D eigenvalue weighted by Gasteiger charge is -2.02. The van der Waals surface area contributed by atoms with Crippen LogP contribution in [0.4, 0.5) is 0 Å². The van der Waals surface area contributed by atoms with Crippen molar-refractivity contribution in [2.45, 2.75) is 11.8 Å². The summed E-state index contributed by atoms with van der Waals surface area (Å²) in [5.74, 6) is -0.176. The SMILES string of the molecule is CCNC(=O)/C=C/c1ccc(S(=O)(=O)NC)cc1. The third kappa shape index (κ3) is 3.97. The van der Waals surface area contributed by atoms with Crippen LogP contribution in [0.15, 0.2) is 35.2 Å². The van der Waals surface area contributed by atoms with Gasteiger partial charge in [-0.15, -0.1) is 0 Å². The lowest BCUT2D eigenvalue weighted by Crippen LogP contribution is -2.19. The maximum absolute atomic E-state index is 11.5. The van der Waals surface area contributed by atoms with Gasteiger partial charge in [0.2, 0.25) is 15.9 Å². The Kier molecular flexibility index (Phi) is 5.06. The lowest BCUT2D eigenvalue weighted by atomic mass is 10.2. The monoisotopic (exact) mass is 268 g/mol. The summed E-state index contributed by atoms with van der Waals surface area (Å²) in [6, 6.07) is 6.26. The van der Waals surface area contributed by atoms with Crippen LogP contribution in [0.5, 0.6) is 0 Å². The van der Waals surface area contributed by atoms with Gasteiger partial charge < -0.3 is 5.32 Å². The van der Waals surface area contributed by atoms with Crippen molar-refractivity contribution in [3.05, 3.63) is 35.9 Å². The average Bonchev–Trinajstić information content (AvgIpc) is 2.37. The molecule has 0 aliphatic carbocycles. The summed E-state index contributed by atoms with van der Waals surface area (Å²) < 4.78 is 25.2. The predicted molar refractivity (Wildman–Crippen MR) is 70.4 cm³/mol. The molecule has 1 aromatic carbocycles. The molecule has 1 amide bonds. The number of likely N-dealkylation sites (N-methyl/N-ethyl adjacent to an activating group) is 1. The van der Waals surface area contributed by atoms with Crippen molar-refractivity contribution in [3.8, 4) is 0 Å². The molecule has 0 radical (unpaired) electrons. The van der Waals surface area contributed by atoms with Gasteiger partial charge in [-0.3, -0.25) is 4.79 Å². The molecule has 6 heteroatoms. The third-order valence-corrected chi connectivity index (χ3v) is 3.67. The normalized spacial score (nSPS) is 11.7. The van der Waals surface area contributed by atoms with Crippen LogP contribution in [0, 0.1) is 0 Å². The summed E-state index contributed by atoms with van der Waals surface area (Å²) in [7, 11) is -2.05. The molecule has 0 saturated carbocycles. The summed E-state index contributed by atoms with van der Waals surface area (Å²) in [5, 5.41) is 2.63. The minimum Gasteiger partial charge on any atom is -0.353 e. The van der Waals surface area contributed by atoms with Crippen LogP contribution in [0.1, 0.15) is 12.5 Å². The second-order valence-corrected chi connectivity index (χ2v) is 5.39. The fraction of sp³-hybridized carbons (Fsp3) is 0.250. The van der Waals surface area contributed by atoms with E-state index in [-0.39, 0.29) is 10.8 Å². The van der Waals surface area contributed by atoms with Crippen molar-refractivity contribution in [1.29, 1.82) is 0 Å². The zero-order valence-corrected chi connectivity index (χ0v) is 11.1. The summed E-state index contributed by atoms with van der Waals surface area (Å²) in [5.41, 5.74) is 0.760. The number of benzene rings is 1. The van der Waals surface area contributed by atoms with E-state index < -0.39 is 10.0 Å². The molecular weight excluding hydrogens is 252 g/mol. The minimum absolute atomic E-state index is 0.176. The van der Waals surface area contributed by atoms with E-state index in [1.807, 2.05) is 6.92 Å². The van der Waals surface area contributed by atoms with E-state index in [1.54, 1.807) is 18.2 Å².